The van der Waals surface area contributed by atoms with Crippen LogP contribution in [0.5, 0.6) is 17.5 Å². The van der Waals surface area contributed by atoms with Crippen LogP contribution in [0.2, 0.25) is 0 Å². The number of carbonyl (C=O) groups is 2. The van der Waals surface area contributed by atoms with Gasteiger partial charge in [0.05, 0.1) is 20.3 Å². The Morgan fingerprint density at radius 1 is 1.36 bits per heavy atom. The lowest BCUT2D eigenvalue weighted by molar-refractivity contribution is -0.118. The Morgan fingerprint density at radius 3 is 2.68 bits per heavy atom. The number of imide groups is 1. The van der Waals surface area contributed by atoms with Crippen molar-refractivity contribution in [3.05, 3.63) is 12.1 Å². The number of nitrogens with zero attached hydrogens (tertiary/aromatic N) is 1. The van der Waals surface area contributed by atoms with Crippen LogP contribution in [-0.2, 0) is 4.79 Å². The predicted molar refractivity (Wildman–Crippen MR) is 79.0 cm³/mol. The van der Waals surface area contributed by atoms with Crippen molar-refractivity contribution in [2.75, 3.05) is 20.3 Å². The van der Waals surface area contributed by atoms with Gasteiger partial charge in [-0.05, 0) is 18.4 Å². The Kier molecular flexibility index (Phi) is 7.11. The van der Waals surface area contributed by atoms with Gasteiger partial charge in [-0.3, -0.25) is 10.1 Å². The maximum Gasteiger partial charge on any atom is 0.420 e. The number of aromatic nitrogens is 1. The van der Waals surface area contributed by atoms with Gasteiger partial charge >= 0.3 is 6.09 Å². The molecule has 8 nitrogen and oxygen atoms in total. The highest BCUT2D eigenvalue weighted by Gasteiger charge is 2.15. The van der Waals surface area contributed by atoms with Crippen LogP contribution < -0.4 is 25.3 Å². The zero-order chi connectivity index (χ0) is 16.5. The van der Waals surface area contributed by atoms with E-state index in [9.17, 15) is 9.59 Å². The number of rotatable bonds is 7. The van der Waals surface area contributed by atoms with Gasteiger partial charge < -0.3 is 19.9 Å². The molecule has 0 atom stereocenters. The second-order valence-corrected chi connectivity index (χ2v) is 4.83. The van der Waals surface area contributed by atoms with Gasteiger partial charge in [-0.25, -0.2) is 4.79 Å². The Morgan fingerprint density at radius 2 is 2.09 bits per heavy atom. The van der Waals surface area contributed by atoms with E-state index in [1.807, 2.05) is 5.32 Å². The molecule has 0 radical (unpaired) electrons. The topological polar surface area (TPSA) is 113 Å². The quantitative estimate of drug-likeness (QED) is 0.775. The van der Waals surface area contributed by atoms with Crippen molar-refractivity contribution in [2.24, 2.45) is 11.7 Å². The lowest BCUT2D eigenvalue weighted by atomic mass is 10.1. The molecular formula is C14H21N3O5. The molecule has 22 heavy (non-hydrogen) atoms. The van der Waals surface area contributed by atoms with Crippen molar-refractivity contribution in [3.63, 3.8) is 0 Å². The van der Waals surface area contributed by atoms with Crippen molar-refractivity contribution in [1.29, 1.82) is 0 Å². The fraction of sp³-hybridized carbons (Fsp3) is 0.500. The first-order valence-corrected chi connectivity index (χ1v) is 6.85. The summed E-state index contributed by atoms with van der Waals surface area (Å²) < 4.78 is 15.5. The summed E-state index contributed by atoms with van der Waals surface area (Å²) in [6.07, 6.45) is -0.115. The van der Waals surface area contributed by atoms with Crippen molar-refractivity contribution < 1.29 is 23.8 Å². The molecule has 0 aromatic carbocycles. The van der Waals surface area contributed by atoms with E-state index in [0.29, 0.717) is 18.4 Å². The first kappa shape index (κ1) is 17.7. The van der Waals surface area contributed by atoms with Gasteiger partial charge in [-0.15, -0.1) is 0 Å². The third-order valence-corrected chi connectivity index (χ3v) is 2.58. The smallest absolute Gasteiger partial charge is 0.420 e. The zero-order valence-electron chi connectivity index (χ0n) is 12.9. The van der Waals surface area contributed by atoms with Crippen LogP contribution in [0.15, 0.2) is 12.1 Å². The van der Waals surface area contributed by atoms with Crippen LogP contribution in [0.1, 0.15) is 20.3 Å². The van der Waals surface area contributed by atoms with Crippen molar-refractivity contribution in [3.8, 4) is 17.5 Å². The van der Waals surface area contributed by atoms with E-state index in [1.54, 1.807) is 12.1 Å². The van der Waals surface area contributed by atoms with E-state index < -0.39 is 12.0 Å². The summed E-state index contributed by atoms with van der Waals surface area (Å²) >= 11 is 0. The molecule has 0 bridgehead atoms. The molecule has 0 fully saturated rings. The van der Waals surface area contributed by atoms with Gasteiger partial charge in [0.2, 0.25) is 11.8 Å². The average Bonchev–Trinajstić information content (AvgIpc) is 2.47. The van der Waals surface area contributed by atoms with Gasteiger partial charge in [0.25, 0.3) is 5.88 Å². The Bertz CT molecular complexity index is 519. The minimum atomic E-state index is -0.986. The summed E-state index contributed by atoms with van der Waals surface area (Å²) in [5.74, 6) is 0.295. The molecule has 0 spiro atoms. The molecular weight excluding hydrogens is 290 g/mol. The molecule has 0 saturated heterocycles. The van der Waals surface area contributed by atoms with Gasteiger partial charge in [0, 0.05) is 6.07 Å². The summed E-state index contributed by atoms with van der Waals surface area (Å²) in [7, 11) is 1.41. The van der Waals surface area contributed by atoms with Gasteiger partial charge in [0.1, 0.15) is 0 Å². The Hall–Kier alpha value is -2.35. The van der Waals surface area contributed by atoms with Gasteiger partial charge in [0.15, 0.2) is 5.75 Å². The van der Waals surface area contributed by atoms with Crippen LogP contribution in [0.3, 0.4) is 0 Å². The molecule has 1 aromatic heterocycles. The first-order chi connectivity index (χ1) is 10.5. The van der Waals surface area contributed by atoms with Crippen molar-refractivity contribution >= 4 is 12.0 Å². The number of nitrogens with two attached hydrogens (primary N) is 1. The van der Waals surface area contributed by atoms with E-state index in [0.717, 1.165) is 6.42 Å². The number of hydrogen-bond donors (Lipinski definition) is 2. The fourth-order valence-electron chi connectivity index (χ4n) is 1.40. The summed E-state index contributed by atoms with van der Waals surface area (Å²) in [6.45, 7) is 4.34. The van der Waals surface area contributed by atoms with E-state index >= 15 is 0 Å². The molecule has 2 amide bonds. The maximum absolute atomic E-state index is 11.5. The molecule has 1 heterocycles. The number of ether oxygens (including phenoxy) is 3. The highest BCUT2D eigenvalue weighted by Crippen LogP contribution is 2.27. The normalized spacial score (nSPS) is 10.2. The number of amides is 2. The lowest BCUT2D eigenvalue weighted by Crippen LogP contribution is -2.37. The van der Waals surface area contributed by atoms with E-state index in [4.69, 9.17) is 19.9 Å². The molecule has 8 heteroatoms. The van der Waals surface area contributed by atoms with Crippen LogP contribution >= 0.6 is 0 Å². The largest absolute Gasteiger partial charge is 0.491 e. The minimum Gasteiger partial charge on any atom is -0.491 e. The van der Waals surface area contributed by atoms with E-state index in [2.05, 4.69) is 18.8 Å². The zero-order valence-corrected chi connectivity index (χ0v) is 12.9. The van der Waals surface area contributed by atoms with Crippen LogP contribution in [0.25, 0.3) is 0 Å². The predicted octanol–water partition coefficient (Wildman–Crippen LogP) is 1.09. The summed E-state index contributed by atoms with van der Waals surface area (Å²) in [5.41, 5.74) is 5.09. The second-order valence-electron chi connectivity index (χ2n) is 4.83. The van der Waals surface area contributed by atoms with Crippen LogP contribution in [-0.4, -0.2) is 37.2 Å². The number of carbonyl (C=O) groups excluding carboxylic acids is 2. The highest BCUT2D eigenvalue weighted by atomic mass is 16.6. The summed E-state index contributed by atoms with van der Waals surface area (Å²) in [5, 5.41) is 1.95. The monoisotopic (exact) mass is 311 g/mol. The van der Waals surface area contributed by atoms with Gasteiger partial charge in [-0.2, -0.15) is 4.98 Å². The maximum atomic E-state index is 11.5. The average molecular weight is 311 g/mol. The van der Waals surface area contributed by atoms with Gasteiger partial charge in [-0.1, -0.05) is 13.8 Å². The molecule has 122 valence electrons. The molecule has 0 saturated carbocycles. The van der Waals surface area contributed by atoms with Crippen molar-refractivity contribution in [2.45, 2.75) is 20.3 Å². The van der Waals surface area contributed by atoms with Crippen LogP contribution in [0, 0.1) is 5.92 Å². The standard InChI is InChI=1S/C14H21N3O5/c1-9(2)6-7-21-12-5-4-10(20-3)13(17-12)22-14(19)16-11(18)8-15/h4-5,9H,6-8,15H2,1-3H3,(H,16,18,19). The number of nitrogens with one attached hydrogen (secondary N) is 1. The molecule has 0 unspecified atom stereocenters. The Balaban J connectivity index is 2.74. The van der Waals surface area contributed by atoms with Crippen LogP contribution in [0.4, 0.5) is 4.79 Å². The third-order valence-electron chi connectivity index (χ3n) is 2.58. The summed E-state index contributed by atoms with van der Waals surface area (Å²) in [4.78, 5) is 26.6. The SMILES string of the molecule is COc1ccc(OCCC(C)C)nc1OC(=O)NC(=O)CN. The number of pyridine rings is 1. The third kappa shape index (κ3) is 5.96. The number of hydrogen-bond acceptors (Lipinski definition) is 7. The molecule has 0 aliphatic rings. The lowest BCUT2D eigenvalue weighted by Gasteiger charge is -2.11. The molecule has 0 aliphatic heterocycles. The molecule has 1 aromatic rings. The fourth-order valence-corrected chi connectivity index (χ4v) is 1.40. The minimum absolute atomic E-state index is 0.0909. The molecule has 0 aliphatic carbocycles. The molecule has 3 N–H and O–H groups in total. The first-order valence-electron chi connectivity index (χ1n) is 6.85. The highest BCUT2D eigenvalue weighted by molar-refractivity contribution is 5.93. The van der Waals surface area contributed by atoms with E-state index in [1.165, 1.54) is 7.11 Å². The number of methoxy groups -OCH3 is 1. The van der Waals surface area contributed by atoms with E-state index in [-0.39, 0.29) is 18.2 Å². The summed E-state index contributed by atoms with van der Waals surface area (Å²) in [6, 6.07) is 3.17. The molecule has 1 rings (SSSR count). The second kappa shape index (κ2) is 8.83. The van der Waals surface area contributed by atoms with Crippen molar-refractivity contribution in [1.82, 2.24) is 10.3 Å². The Labute approximate surface area is 128 Å².